The summed E-state index contributed by atoms with van der Waals surface area (Å²) in [7, 11) is 0. The number of hydrogen-bond donors (Lipinski definition) is 1. The number of aliphatic hydroxyl groups excluding tert-OH is 1. The summed E-state index contributed by atoms with van der Waals surface area (Å²) in [5, 5.41) is 9.58. The van der Waals surface area contributed by atoms with Gasteiger partial charge in [-0.2, -0.15) is 0 Å². The number of ether oxygens (including phenoxy) is 2. The molecule has 1 atom stereocenters. The van der Waals surface area contributed by atoms with Crippen LogP contribution in [0.3, 0.4) is 0 Å². The molecule has 1 N–H and O–H groups in total. The third-order valence-corrected chi connectivity index (χ3v) is 11.0. The molecule has 302 valence electrons. The fourth-order valence-electron chi connectivity index (χ4n) is 7.42. The van der Waals surface area contributed by atoms with Crippen molar-refractivity contribution >= 4 is 11.9 Å². The molecule has 1 unspecified atom stereocenters. The van der Waals surface area contributed by atoms with Gasteiger partial charge in [0.1, 0.15) is 12.2 Å². The van der Waals surface area contributed by atoms with E-state index in [0.717, 1.165) is 83.7 Å². The Hall–Kier alpha value is -1.14. The van der Waals surface area contributed by atoms with Crippen LogP contribution in [0.2, 0.25) is 0 Å². The lowest BCUT2D eigenvalue weighted by Crippen LogP contribution is -2.29. The minimum absolute atomic E-state index is 0.000454. The maximum atomic E-state index is 12.7. The first-order valence-corrected chi connectivity index (χ1v) is 22.8. The second kappa shape index (κ2) is 35.9. The zero-order valence-corrected chi connectivity index (χ0v) is 34.4. The molecular weight excluding hydrogens is 634 g/mol. The second-order valence-electron chi connectivity index (χ2n) is 16.0. The quantitative estimate of drug-likeness (QED) is 0.0501. The highest BCUT2D eigenvalue weighted by atomic mass is 16.5. The Balaban J connectivity index is 2.16. The van der Waals surface area contributed by atoms with Crippen LogP contribution in [0.4, 0.5) is 0 Å². The molecule has 0 spiro atoms. The molecular formula is C45H87NO5. The van der Waals surface area contributed by atoms with Gasteiger partial charge in [0.2, 0.25) is 0 Å². The molecule has 0 aromatic heterocycles. The molecule has 0 heterocycles. The van der Waals surface area contributed by atoms with E-state index in [0.29, 0.717) is 25.3 Å². The molecule has 0 aromatic rings. The number of carbonyl (C=O) groups excluding carboxylic acids is 2. The molecule has 0 radical (unpaired) electrons. The number of aliphatic hydroxyl groups is 1. The van der Waals surface area contributed by atoms with Gasteiger partial charge >= 0.3 is 11.9 Å². The third-order valence-electron chi connectivity index (χ3n) is 11.0. The Labute approximate surface area is 317 Å². The van der Waals surface area contributed by atoms with Crippen molar-refractivity contribution in [2.75, 3.05) is 26.2 Å². The van der Waals surface area contributed by atoms with E-state index in [9.17, 15) is 14.7 Å². The van der Waals surface area contributed by atoms with Crippen molar-refractivity contribution in [2.45, 2.75) is 245 Å². The summed E-state index contributed by atoms with van der Waals surface area (Å²) in [6, 6.07) is 0. The second-order valence-corrected chi connectivity index (χ2v) is 16.0. The monoisotopic (exact) mass is 722 g/mol. The number of hydrogen-bond acceptors (Lipinski definition) is 6. The highest BCUT2D eigenvalue weighted by Crippen LogP contribution is 2.37. The Bertz CT molecular complexity index is 756. The maximum absolute atomic E-state index is 12.7. The van der Waals surface area contributed by atoms with Gasteiger partial charge in [0.15, 0.2) is 0 Å². The first kappa shape index (κ1) is 47.9. The molecule has 0 aromatic carbocycles. The molecule has 0 saturated heterocycles. The summed E-state index contributed by atoms with van der Waals surface area (Å²) in [6.07, 6.45) is 38.4. The Morgan fingerprint density at radius 1 is 0.510 bits per heavy atom. The molecule has 0 aliphatic heterocycles. The Morgan fingerprint density at radius 2 is 0.902 bits per heavy atom. The molecule has 0 amide bonds. The zero-order valence-electron chi connectivity index (χ0n) is 34.4. The van der Waals surface area contributed by atoms with E-state index in [1.807, 2.05) is 0 Å². The lowest BCUT2D eigenvalue weighted by molar-refractivity contribution is -0.151. The van der Waals surface area contributed by atoms with Crippen molar-refractivity contribution in [3.8, 4) is 0 Å². The minimum atomic E-state index is -0.000454. The number of rotatable bonds is 40. The molecule has 51 heavy (non-hydrogen) atoms. The van der Waals surface area contributed by atoms with E-state index in [4.69, 9.17) is 9.47 Å². The number of esters is 2. The lowest BCUT2D eigenvalue weighted by Gasteiger charge is -2.21. The van der Waals surface area contributed by atoms with E-state index in [1.54, 1.807) is 0 Å². The predicted octanol–water partition coefficient (Wildman–Crippen LogP) is 12.7. The van der Waals surface area contributed by atoms with Crippen LogP contribution in [0.1, 0.15) is 233 Å². The van der Waals surface area contributed by atoms with Gasteiger partial charge in [0.05, 0.1) is 6.61 Å². The van der Waals surface area contributed by atoms with Gasteiger partial charge in [-0.15, -0.1) is 0 Å². The summed E-state index contributed by atoms with van der Waals surface area (Å²) < 4.78 is 12.0. The van der Waals surface area contributed by atoms with Crippen LogP contribution in [0.5, 0.6) is 0 Å². The smallest absolute Gasteiger partial charge is 0.306 e. The molecule has 1 saturated carbocycles. The maximum Gasteiger partial charge on any atom is 0.306 e. The van der Waals surface area contributed by atoms with Crippen molar-refractivity contribution in [2.24, 2.45) is 5.92 Å². The van der Waals surface area contributed by atoms with Crippen LogP contribution < -0.4 is 0 Å². The van der Waals surface area contributed by atoms with Crippen LogP contribution in [-0.2, 0) is 19.1 Å². The zero-order chi connectivity index (χ0) is 37.0. The SMILES string of the molecule is CCCCCCCCC(CCCCCCCC)OC(=O)CCCCCCCN(CCO)CCCCCC(=O)OC(CCCCCCCC)C1CC1. The minimum Gasteiger partial charge on any atom is -0.462 e. The topological polar surface area (TPSA) is 76.1 Å². The molecule has 6 heteroatoms. The molecule has 1 rings (SSSR count). The number of carbonyl (C=O) groups is 2. The number of unbranched alkanes of at least 4 members (excludes halogenated alkanes) is 21. The van der Waals surface area contributed by atoms with Crippen LogP contribution in [-0.4, -0.2) is 60.4 Å². The van der Waals surface area contributed by atoms with Crippen LogP contribution in [0.25, 0.3) is 0 Å². The van der Waals surface area contributed by atoms with Gasteiger partial charge in [-0.25, -0.2) is 0 Å². The fourth-order valence-corrected chi connectivity index (χ4v) is 7.42. The normalized spacial score (nSPS) is 13.7. The number of nitrogens with zero attached hydrogens (tertiary/aromatic N) is 1. The Kier molecular flexibility index (Phi) is 33.7. The average Bonchev–Trinajstić information content (AvgIpc) is 3.97. The van der Waals surface area contributed by atoms with Gasteiger partial charge in [-0.05, 0) is 96.1 Å². The lowest BCUT2D eigenvalue weighted by atomic mass is 10.0. The van der Waals surface area contributed by atoms with Crippen LogP contribution in [0, 0.1) is 5.92 Å². The van der Waals surface area contributed by atoms with Gasteiger partial charge in [0, 0.05) is 19.4 Å². The van der Waals surface area contributed by atoms with E-state index >= 15 is 0 Å². The molecule has 1 aliphatic carbocycles. The predicted molar refractivity (Wildman–Crippen MR) is 216 cm³/mol. The average molecular weight is 722 g/mol. The van der Waals surface area contributed by atoms with Crippen molar-refractivity contribution < 1.29 is 24.2 Å². The third kappa shape index (κ3) is 31.0. The van der Waals surface area contributed by atoms with E-state index < -0.39 is 0 Å². The highest BCUT2D eigenvalue weighted by molar-refractivity contribution is 5.69. The first-order chi connectivity index (χ1) is 25.0. The fraction of sp³-hybridized carbons (Fsp3) is 0.956. The summed E-state index contributed by atoms with van der Waals surface area (Å²) in [6.45, 7) is 9.66. The standard InChI is InChI=1S/C45H87NO5/c1-4-7-10-13-17-23-30-42(31-24-18-14-11-8-5-2)50-44(48)33-26-20-16-21-28-37-46(39-40-47)38-29-22-27-34-45(49)51-43(41-35-36-41)32-25-19-15-12-9-6-3/h41-43,47H,4-40H2,1-3H3. The van der Waals surface area contributed by atoms with E-state index in [2.05, 4.69) is 25.7 Å². The Morgan fingerprint density at radius 3 is 1.37 bits per heavy atom. The molecule has 6 nitrogen and oxygen atoms in total. The van der Waals surface area contributed by atoms with Crippen molar-refractivity contribution in [1.82, 2.24) is 4.90 Å². The summed E-state index contributed by atoms with van der Waals surface area (Å²) in [5.41, 5.74) is 0. The summed E-state index contributed by atoms with van der Waals surface area (Å²) in [4.78, 5) is 27.6. The van der Waals surface area contributed by atoms with Crippen LogP contribution >= 0.6 is 0 Å². The van der Waals surface area contributed by atoms with Gasteiger partial charge in [-0.3, -0.25) is 9.59 Å². The molecule has 0 bridgehead atoms. The molecule has 1 aliphatic rings. The summed E-state index contributed by atoms with van der Waals surface area (Å²) >= 11 is 0. The highest BCUT2D eigenvalue weighted by Gasteiger charge is 2.33. The first-order valence-electron chi connectivity index (χ1n) is 22.8. The largest absolute Gasteiger partial charge is 0.462 e. The van der Waals surface area contributed by atoms with Crippen molar-refractivity contribution in [1.29, 1.82) is 0 Å². The summed E-state index contributed by atoms with van der Waals surface area (Å²) in [5.74, 6) is 0.625. The van der Waals surface area contributed by atoms with Crippen molar-refractivity contribution in [3.05, 3.63) is 0 Å². The van der Waals surface area contributed by atoms with Gasteiger partial charge < -0.3 is 19.5 Å². The van der Waals surface area contributed by atoms with Crippen LogP contribution in [0.15, 0.2) is 0 Å². The van der Waals surface area contributed by atoms with E-state index in [-0.39, 0.29) is 30.8 Å². The van der Waals surface area contributed by atoms with Gasteiger partial charge in [0.25, 0.3) is 0 Å². The van der Waals surface area contributed by atoms with E-state index in [1.165, 1.54) is 128 Å². The van der Waals surface area contributed by atoms with Gasteiger partial charge in [-0.1, -0.05) is 143 Å². The van der Waals surface area contributed by atoms with Crippen molar-refractivity contribution in [3.63, 3.8) is 0 Å². The molecule has 1 fully saturated rings.